The van der Waals surface area contributed by atoms with Gasteiger partial charge in [-0.05, 0) is 19.1 Å². The van der Waals surface area contributed by atoms with E-state index >= 15 is 0 Å². The Kier molecular flexibility index (Phi) is 3.74. The minimum Gasteiger partial charge on any atom is -0.396 e. The number of nitrogen functional groups attached to an aromatic ring is 1. The van der Waals surface area contributed by atoms with Crippen LogP contribution in [0.3, 0.4) is 0 Å². The summed E-state index contributed by atoms with van der Waals surface area (Å²) in [6, 6.07) is 3.60. The van der Waals surface area contributed by atoms with Crippen LogP contribution in [0.5, 0.6) is 0 Å². The van der Waals surface area contributed by atoms with Gasteiger partial charge in [-0.2, -0.15) is 0 Å². The quantitative estimate of drug-likeness (QED) is 0.831. The van der Waals surface area contributed by atoms with Crippen LogP contribution in [0.4, 0.5) is 11.5 Å². The van der Waals surface area contributed by atoms with Crippen molar-refractivity contribution in [2.75, 3.05) is 36.2 Å². The smallest absolute Gasteiger partial charge is 0.151 e. The SMILES string of the molecule is Cc1ccc(N)c(N(C)CCS(C)(=O)=O)n1. The fraction of sp³-hybridized carbons (Fsp3) is 0.500. The number of aryl methyl sites for hydroxylation is 1. The predicted molar refractivity (Wildman–Crippen MR) is 66.4 cm³/mol. The third-order valence-electron chi connectivity index (χ3n) is 2.20. The van der Waals surface area contributed by atoms with Crippen molar-refractivity contribution in [2.24, 2.45) is 0 Å². The van der Waals surface area contributed by atoms with Crippen LogP contribution in [0.2, 0.25) is 0 Å². The summed E-state index contributed by atoms with van der Waals surface area (Å²) in [7, 11) is -1.18. The maximum Gasteiger partial charge on any atom is 0.151 e. The van der Waals surface area contributed by atoms with E-state index in [1.54, 1.807) is 18.0 Å². The first-order chi connectivity index (χ1) is 7.29. The number of pyridine rings is 1. The summed E-state index contributed by atoms with van der Waals surface area (Å²) in [5.74, 6) is 0.724. The molecule has 0 spiro atoms. The molecule has 16 heavy (non-hydrogen) atoms. The second-order valence-electron chi connectivity index (χ2n) is 3.92. The summed E-state index contributed by atoms with van der Waals surface area (Å²) in [5.41, 5.74) is 7.19. The average Bonchev–Trinajstić information content (AvgIpc) is 2.17. The van der Waals surface area contributed by atoms with Crippen LogP contribution in [0.15, 0.2) is 12.1 Å². The van der Waals surface area contributed by atoms with Gasteiger partial charge in [0, 0.05) is 25.5 Å². The van der Waals surface area contributed by atoms with Crippen LogP contribution in [-0.4, -0.2) is 39.0 Å². The molecule has 0 aromatic carbocycles. The predicted octanol–water partition coefficient (Wildman–Crippen LogP) is 0.453. The Morgan fingerprint density at radius 2 is 2.06 bits per heavy atom. The lowest BCUT2D eigenvalue weighted by Crippen LogP contribution is -2.26. The Labute approximate surface area is 96.2 Å². The highest BCUT2D eigenvalue weighted by atomic mass is 32.2. The van der Waals surface area contributed by atoms with E-state index in [0.29, 0.717) is 18.1 Å². The topological polar surface area (TPSA) is 76.3 Å². The van der Waals surface area contributed by atoms with Crippen molar-refractivity contribution in [3.8, 4) is 0 Å². The number of hydrogen-bond acceptors (Lipinski definition) is 5. The molecule has 2 N–H and O–H groups in total. The molecule has 6 heteroatoms. The van der Waals surface area contributed by atoms with Crippen molar-refractivity contribution in [1.29, 1.82) is 0 Å². The van der Waals surface area contributed by atoms with Gasteiger partial charge in [0.1, 0.15) is 9.84 Å². The van der Waals surface area contributed by atoms with Gasteiger partial charge in [-0.25, -0.2) is 13.4 Å². The Morgan fingerprint density at radius 1 is 1.44 bits per heavy atom. The number of nitrogens with two attached hydrogens (primary N) is 1. The van der Waals surface area contributed by atoms with Gasteiger partial charge in [0.05, 0.1) is 11.4 Å². The zero-order chi connectivity index (χ0) is 12.3. The largest absolute Gasteiger partial charge is 0.396 e. The van der Waals surface area contributed by atoms with Crippen molar-refractivity contribution in [2.45, 2.75) is 6.92 Å². The lowest BCUT2D eigenvalue weighted by atomic mass is 10.3. The number of aromatic nitrogens is 1. The molecule has 0 aliphatic heterocycles. The van der Waals surface area contributed by atoms with Crippen molar-refractivity contribution in [3.05, 3.63) is 17.8 Å². The van der Waals surface area contributed by atoms with Gasteiger partial charge < -0.3 is 10.6 Å². The molecule has 1 heterocycles. The van der Waals surface area contributed by atoms with Crippen molar-refractivity contribution in [3.63, 3.8) is 0 Å². The average molecular weight is 243 g/mol. The van der Waals surface area contributed by atoms with Gasteiger partial charge in [-0.1, -0.05) is 0 Å². The lowest BCUT2D eigenvalue weighted by Gasteiger charge is -2.19. The minimum atomic E-state index is -2.96. The monoisotopic (exact) mass is 243 g/mol. The molecule has 0 unspecified atom stereocenters. The fourth-order valence-electron chi connectivity index (χ4n) is 1.27. The number of nitrogens with zero attached hydrogens (tertiary/aromatic N) is 2. The van der Waals surface area contributed by atoms with Crippen LogP contribution in [0.25, 0.3) is 0 Å². The molecule has 90 valence electrons. The van der Waals surface area contributed by atoms with E-state index in [4.69, 9.17) is 5.73 Å². The van der Waals surface area contributed by atoms with Crippen LogP contribution in [0.1, 0.15) is 5.69 Å². The summed E-state index contributed by atoms with van der Waals surface area (Å²) < 4.78 is 22.1. The van der Waals surface area contributed by atoms with Crippen LogP contribution in [-0.2, 0) is 9.84 Å². The van der Waals surface area contributed by atoms with E-state index in [2.05, 4.69) is 4.98 Å². The molecule has 1 rings (SSSR count). The summed E-state index contributed by atoms with van der Waals surface area (Å²) >= 11 is 0. The molecule has 0 fully saturated rings. The number of rotatable bonds is 4. The molecule has 0 aliphatic carbocycles. The van der Waals surface area contributed by atoms with Crippen LogP contribution >= 0.6 is 0 Å². The molecule has 0 radical (unpaired) electrons. The Balaban J connectivity index is 2.80. The van der Waals surface area contributed by atoms with E-state index in [1.165, 1.54) is 6.26 Å². The first-order valence-corrected chi connectivity index (χ1v) is 6.97. The van der Waals surface area contributed by atoms with E-state index in [1.807, 2.05) is 13.0 Å². The van der Waals surface area contributed by atoms with Gasteiger partial charge in [0.15, 0.2) is 5.82 Å². The van der Waals surface area contributed by atoms with Crippen molar-refractivity contribution >= 4 is 21.3 Å². The first kappa shape index (κ1) is 12.8. The van der Waals surface area contributed by atoms with Gasteiger partial charge >= 0.3 is 0 Å². The van der Waals surface area contributed by atoms with Gasteiger partial charge in [0.2, 0.25) is 0 Å². The molecule has 1 aromatic rings. The first-order valence-electron chi connectivity index (χ1n) is 4.91. The zero-order valence-electron chi connectivity index (χ0n) is 9.77. The zero-order valence-corrected chi connectivity index (χ0v) is 10.6. The Bertz CT molecular complexity index is 471. The maximum atomic E-state index is 11.0. The number of sulfone groups is 1. The molecule has 0 aliphatic rings. The summed E-state index contributed by atoms with van der Waals surface area (Å²) in [4.78, 5) is 6.03. The molecule has 0 saturated carbocycles. The van der Waals surface area contributed by atoms with E-state index in [9.17, 15) is 8.42 Å². The molecule has 0 saturated heterocycles. The minimum absolute atomic E-state index is 0.0958. The molecule has 0 amide bonds. The van der Waals surface area contributed by atoms with Gasteiger partial charge in [0.25, 0.3) is 0 Å². The molecular weight excluding hydrogens is 226 g/mol. The summed E-state index contributed by atoms with van der Waals surface area (Å²) in [6.45, 7) is 2.26. The molecule has 0 atom stereocenters. The lowest BCUT2D eigenvalue weighted by molar-refractivity contribution is 0.601. The third-order valence-corrected chi connectivity index (χ3v) is 3.13. The Hall–Kier alpha value is -1.30. The highest BCUT2D eigenvalue weighted by Crippen LogP contribution is 2.18. The molecular formula is C10H17N3O2S. The fourth-order valence-corrected chi connectivity index (χ4v) is 1.87. The highest BCUT2D eigenvalue weighted by Gasteiger charge is 2.10. The standard InChI is InChI=1S/C10H17N3O2S/c1-8-4-5-9(11)10(12-8)13(2)6-7-16(3,14)15/h4-5H,6-7,11H2,1-3H3. The van der Waals surface area contributed by atoms with Crippen molar-refractivity contribution in [1.82, 2.24) is 4.98 Å². The summed E-state index contributed by atoms with van der Waals surface area (Å²) in [6.07, 6.45) is 1.22. The second-order valence-corrected chi connectivity index (χ2v) is 6.18. The molecule has 5 nitrogen and oxygen atoms in total. The van der Waals surface area contributed by atoms with Crippen LogP contribution < -0.4 is 10.6 Å². The van der Waals surface area contributed by atoms with E-state index in [-0.39, 0.29) is 5.75 Å². The molecule has 0 bridgehead atoms. The second kappa shape index (κ2) is 4.69. The number of hydrogen-bond donors (Lipinski definition) is 1. The van der Waals surface area contributed by atoms with Gasteiger partial charge in [-0.3, -0.25) is 0 Å². The number of anilines is 2. The Morgan fingerprint density at radius 3 is 2.62 bits per heavy atom. The summed E-state index contributed by atoms with van der Waals surface area (Å²) in [5, 5.41) is 0. The van der Waals surface area contributed by atoms with Crippen molar-refractivity contribution < 1.29 is 8.42 Å². The van der Waals surface area contributed by atoms with E-state index in [0.717, 1.165) is 5.69 Å². The normalized spacial score (nSPS) is 11.4. The van der Waals surface area contributed by atoms with E-state index < -0.39 is 9.84 Å². The van der Waals surface area contributed by atoms with Crippen LogP contribution in [0, 0.1) is 6.92 Å². The third kappa shape index (κ3) is 3.69. The maximum absolute atomic E-state index is 11.0. The highest BCUT2D eigenvalue weighted by molar-refractivity contribution is 7.90. The van der Waals surface area contributed by atoms with Gasteiger partial charge in [-0.15, -0.1) is 0 Å². The molecule has 1 aromatic heterocycles.